The van der Waals surface area contributed by atoms with Gasteiger partial charge in [-0.15, -0.1) is 0 Å². The number of aliphatic hydroxyl groups is 1. The molecule has 1 atom stereocenters. The number of aliphatic hydroxyl groups excluding tert-OH is 1. The number of nitrogens with two attached hydrogens (primary N) is 1. The van der Waals surface area contributed by atoms with Crippen molar-refractivity contribution >= 4 is 11.7 Å². The van der Waals surface area contributed by atoms with Crippen molar-refractivity contribution in [2.75, 3.05) is 11.4 Å². The van der Waals surface area contributed by atoms with Crippen LogP contribution in [0.5, 0.6) is 0 Å². The number of hydrogen-bond donors (Lipinski definition) is 2. The largest absolute Gasteiger partial charge is 0.389 e. The summed E-state index contributed by atoms with van der Waals surface area (Å²) in [5.74, 6) is 0.250. The van der Waals surface area contributed by atoms with E-state index in [0.29, 0.717) is 5.82 Å². The zero-order valence-corrected chi connectivity index (χ0v) is 10.4. The van der Waals surface area contributed by atoms with Gasteiger partial charge in [0.1, 0.15) is 5.82 Å². The van der Waals surface area contributed by atoms with Crippen molar-refractivity contribution in [2.24, 2.45) is 5.73 Å². The Hall–Kier alpha value is -1.62. The number of amides is 1. The lowest BCUT2D eigenvalue weighted by Gasteiger charge is -2.26. The minimum absolute atomic E-state index is 0.110. The Kier molecular flexibility index (Phi) is 4.45. The van der Waals surface area contributed by atoms with Crippen LogP contribution in [-0.4, -0.2) is 28.6 Å². The molecule has 0 bridgehead atoms. The van der Waals surface area contributed by atoms with Crippen molar-refractivity contribution in [1.29, 1.82) is 0 Å². The lowest BCUT2D eigenvalue weighted by molar-refractivity contribution is -0.116. The van der Waals surface area contributed by atoms with Gasteiger partial charge in [-0.2, -0.15) is 0 Å². The van der Waals surface area contributed by atoms with Gasteiger partial charge in [0, 0.05) is 12.2 Å². The lowest BCUT2D eigenvalue weighted by atomic mass is 10.1. The molecule has 0 aromatic carbocycles. The van der Waals surface area contributed by atoms with E-state index in [1.54, 1.807) is 30.2 Å². The molecule has 0 spiro atoms. The van der Waals surface area contributed by atoms with Crippen molar-refractivity contribution in [3.8, 4) is 0 Å². The first kappa shape index (κ1) is 13.4. The molecule has 5 nitrogen and oxygen atoms in total. The molecule has 3 N–H and O–H groups in total. The molecule has 1 amide bonds. The molecule has 1 heterocycles. The molecule has 0 aliphatic heterocycles. The topological polar surface area (TPSA) is 79.5 Å². The molecule has 0 aliphatic carbocycles. The quantitative estimate of drug-likeness (QED) is 0.795. The summed E-state index contributed by atoms with van der Waals surface area (Å²) in [4.78, 5) is 17.0. The van der Waals surface area contributed by atoms with Crippen molar-refractivity contribution in [3.63, 3.8) is 0 Å². The minimum Gasteiger partial charge on any atom is -0.389 e. The smallest absolute Gasteiger partial charge is 0.237 e. The van der Waals surface area contributed by atoms with E-state index >= 15 is 0 Å². The Morgan fingerprint density at radius 1 is 1.53 bits per heavy atom. The van der Waals surface area contributed by atoms with Gasteiger partial charge in [-0.05, 0) is 38.5 Å². The summed E-state index contributed by atoms with van der Waals surface area (Å²) in [5, 5.41) is 9.51. The Morgan fingerprint density at radius 2 is 2.18 bits per heavy atom. The summed E-state index contributed by atoms with van der Waals surface area (Å²) in [6, 6.07) is 3.63. The third-order valence-corrected chi connectivity index (χ3v) is 2.50. The molecule has 0 unspecified atom stereocenters. The van der Waals surface area contributed by atoms with Crippen LogP contribution in [0.4, 0.5) is 5.82 Å². The van der Waals surface area contributed by atoms with Gasteiger partial charge in [-0.25, -0.2) is 4.98 Å². The number of anilines is 1. The van der Waals surface area contributed by atoms with Gasteiger partial charge in [0.25, 0.3) is 0 Å². The molecular weight excluding hydrogens is 218 g/mol. The predicted molar refractivity (Wildman–Crippen MR) is 66.5 cm³/mol. The Bertz CT molecular complexity index is 391. The second-order valence-electron chi connectivity index (χ2n) is 4.31. The van der Waals surface area contributed by atoms with Crippen LogP contribution in [0.2, 0.25) is 0 Å². The van der Waals surface area contributed by atoms with Gasteiger partial charge in [-0.1, -0.05) is 0 Å². The third kappa shape index (κ3) is 3.71. The number of hydrogen-bond acceptors (Lipinski definition) is 4. The van der Waals surface area contributed by atoms with E-state index in [1.165, 1.54) is 0 Å². The maximum Gasteiger partial charge on any atom is 0.237 e. The Balaban J connectivity index is 3.01. The highest BCUT2D eigenvalue weighted by Crippen LogP contribution is 2.19. The van der Waals surface area contributed by atoms with E-state index in [1.807, 2.05) is 13.8 Å². The number of primary amides is 1. The van der Waals surface area contributed by atoms with Crippen LogP contribution in [0.3, 0.4) is 0 Å². The monoisotopic (exact) mass is 237 g/mol. The molecule has 5 heteroatoms. The predicted octanol–water partition coefficient (Wildman–Crippen LogP) is 0.835. The van der Waals surface area contributed by atoms with E-state index in [-0.39, 0.29) is 12.6 Å². The molecule has 0 saturated heterocycles. The van der Waals surface area contributed by atoms with Crippen LogP contribution >= 0.6 is 0 Å². The zero-order valence-electron chi connectivity index (χ0n) is 10.4. The summed E-state index contributed by atoms with van der Waals surface area (Å²) in [6.07, 6.45) is 1.06. The molecule has 17 heavy (non-hydrogen) atoms. The highest BCUT2D eigenvalue weighted by Gasteiger charge is 2.15. The Labute approximate surface area is 101 Å². The van der Waals surface area contributed by atoms with E-state index in [0.717, 1.165) is 5.56 Å². The summed E-state index contributed by atoms with van der Waals surface area (Å²) < 4.78 is 0. The van der Waals surface area contributed by atoms with Gasteiger partial charge in [-0.3, -0.25) is 4.79 Å². The molecule has 94 valence electrons. The van der Waals surface area contributed by atoms with Crippen LogP contribution in [0, 0.1) is 0 Å². The van der Waals surface area contributed by atoms with Gasteiger partial charge < -0.3 is 15.7 Å². The van der Waals surface area contributed by atoms with E-state index < -0.39 is 12.0 Å². The van der Waals surface area contributed by atoms with E-state index in [4.69, 9.17) is 5.73 Å². The number of rotatable bonds is 5. The fourth-order valence-electron chi connectivity index (χ4n) is 1.55. The van der Waals surface area contributed by atoms with Crippen LogP contribution in [0.25, 0.3) is 0 Å². The molecular formula is C12H19N3O2. The average Bonchev–Trinajstić information content (AvgIpc) is 2.25. The SMILES string of the molecule is CC(C)N(CC(N)=O)c1cc([C@@H](C)O)ccn1. The fourth-order valence-corrected chi connectivity index (χ4v) is 1.55. The number of aromatic nitrogens is 1. The van der Waals surface area contributed by atoms with Gasteiger partial charge in [0.05, 0.1) is 12.6 Å². The molecule has 1 aromatic rings. The highest BCUT2D eigenvalue weighted by atomic mass is 16.3. The first-order valence-electron chi connectivity index (χ1n) is 5.60. The molecule has 0 radical (unpaired) electrons. The van der Waals surface area contributed by atoms with Crippen molar-refractivity contribution in [1.82, 2.24) is 4.98 Å². The average molecular weight is 237 g/mol. The zero-order chi connectivity index (χ0) is 13.0. The second kappa shape index (κ2) is 5.63. The van der Waals surface area contributed by atoms with Crippen LogP contribution < -0.4 is 10.6 Å². The van der Waals surface area contributed by atoms with Gasteiger partial charge in [0.15, 0.2) is 0 Å². The first-order valence-corrected chi connectivity index (χ1v) is 5.60. The number of carbonyl (C=O) groups is 1. The maximum absolute atomic E-state index is 11.0. The normalized spacial score (nSPS) is 12.5. The second-order valence-corrected chi connectivity index (χ2v) is 4.31. The summed E-state index contributed by atoms with van der Waals surface area (Å²) in [6.45, 7) is 5.72. The maximum atomic E-state index is 11.0. The fraction of sp³-hybridized carbons (Fsp3) is 0.500. The van der Waals surface area contributed by atoms with Gasteiger partial charge >= 0.3 is 0 Å². The molecule has 0 saturated carbocycles. The highest BCUT2D eigenvalue weighted by molar-refractivity contribution is 5.79. The van der Waals surface area contributed by atoms with Crippen molar-refractivity contribution in [3.05, 3.63) is 23.9 Å². The van der Waals surface area contributed by atoms with Gasteiger partial charge in [0.2, 0.25) is 5.91 Å². The number of pyridine rings is 1. The number of carbonyl (C=O) groups excluding carboxylic acids is 1. The third-order valence-electron chi connectivity index (χ3n) is 2.50. The van der Waals surface area contributed by atoms with Crippen molar-refractivity contribution < 1.29 is 9.90 Å². The van der Waals surface area contributed by atoms with Crippen LogP contribution in [-0.2, 0) is 4.79 Å². The Morgan fingerprint density at radius 3 is 2.65 bits per heavy atom. The molecule has 1 rings (SSSR count). The lowest BCUT2D eigenvalue weighted by Crippen LogP contribution is -2.39. The van der Waals surface area contributed by atoms with Crippen molar-refractivity contribution in [2.45, 2.75) is 32.9 Å². The summed E-state index contributed by atoms with van der Waals surface area (Å²) >= 11 is 0. The van der Waals surface area contributed by atoms with E-state index in [9.17, 15) is 9.90 Å². The van der Waals surface area contributed by atoms with E-state index in [2.05, 4.69) is 4.98 Å². The van der Waals surface area contributed by atoms with Crippen LogP contribution in [0.1, 0.15) is 32.4 Å². The standard InChI is InChI=1S/C12H19N3O2/c1-8(2)15(7-11(13)17)12-6-10(9(3)16)4-5-14-12/h4-6,8-9,16H,7H2,1-3H3,(H2,13,17)/t9-/m1/s1. The number of nitrogens with zero attached hydrogens (tertiary/aromatic N) is 2. The summed E-state index contributed by atoms with van der Waals surface area (Å²) in [7, 11) is 0. The molecule has 1 aromatic heterocycles. The molecule has 0 aliphatic rings. The summed E-state index contributed by atoms with van der Waals surface area (Å²) in [5.41, 5.74) is 5.98. The molecule has 0 fully saturated rings. The first-order chi connectivity index (χ1) is 7.91. The van der Waals surface area contributed by atoms with Crippen LogP contribution in [0.15, 0.2) is 18.3 Å². The minimum atomic E-state index is -0.556.